The number of amidine groups is 1. The number of aliphatic imine (C=N–C) groups is 1. The Labute approximate surface area is 184 Å². The molecule has 3 N–H and O–H groups in total. The summed E-state index contributed by atoms with van der Waals surface area (Å²) in [6.45, 7) is 2.42. The number of thioether (sulfide) groups is 1. The van der Waals surface area contributed by atoms with Gasteiger partial charge in [0.25, 0.3) is 11.8 Å². The van der Waals surface area contributed by atoms with Crippen LogP contribution in [0.1, 0.15) is 46.9 Å². The Morgan fingerprint density at radius 2 is 1.69 bits per heavy atom. The minimum atomic E-state index is -4.61. The number of nitrogens with one attached hydrogen (secondary N) is 1. The average molecular weight is 471 g/mol. The number of carbonyl (C=O) groups is 2. The van der Waals surface area contributed by atoms with E-state index in [2.05, 4.69) is 10.3 Å². The zero-order chi connectivity index (χ0) is 23.9. The van der Waals surface area contributed by atoms with E-state index in [0.29, 0.717) is 11.8 Å². The Balaban J connectivity index is 1.83. The normalized spacial score (nSPS) is 20.1. The SMILES string of the molecule is C[C@H](NC1=NC(=O)C(C)(C(F)(F)c2ccc(C(N)=O)cc2)S1)c1ccccc1C(F)(F)F. The van der Waals surface area contributed by atoms with E-state index < -0.39 is 45.8 Å². The number of carbonyl (C=O) groups excluding carboxylic acids is 2. The average Bonchev–Trinajstić information content (AvgIpc) is 3.02. The van der Waals surface area contributed by atoms with Crippen molar-refractivity contribution in [3.63, 3.8) is 0 Å². The summed E-state index contributed by atoms with van der Waals surface area (Å²) >= 11 is 0.436. The van der Waals surface area contributed by atoms with Crippen LogP contribution < -0.4 is 11.1 Å². The number of hydrogen-bond donors (Lipinski definition) is 2. The molecule has 1 heterocycles. The quantitative estimate of drug-likeness (QED) is 0.623. The highest BCUT2D eigenvalue weighted by Crippen LogP contribution is 2.51. The molecular weight excluding hydrogens is 453 g/mol. The molecule has 2 aromatic carbocycles. The van der Waals surface area contributed by atoms with Gasteiger partial charge in [0.05, 0.1) is 11.6 Å². The van der Waals surface area contributed by atoms with Crippen LogP contribution in [-0.4, -0.2) is 21.7 Å². The van der Waals surface area contributed by atoms with Crippen LogP contribution in [0.2, 0.25) is 0 Å². The Morgan fingerprint density at radius 1 is 1.09 bits per heavy atom. The molecule has 0 aromatic heterocycles. The fraction of sp³-hybridized carbons (Fsp3) is 0.286. The van der Waals surface area contributed by atoms with Gasteiger partial charge < -0.3 is 11.1 Å². The van der Waals surface area contributed by atoms with Crippen LogP contribution in [0.15, 0.2) is 53.5 Å². The van der Waals surface area contributed by atoms with Gasteiger partial charge in [0.1, 0.15) is 0 Å². The molecule has 11 heteroatoms. The first kappa shape index (κ1) is 23.7. The van der Waals surface area contributed by atoms with E-state index in [-0.39, 0.29) is 16.3 Å². The van der Waals surface area contributed by atoms with Crippen LogP contribution in [0.25, 0.3) is 0 Å². The summed E-state index contributed by atoms with van der Waals surface area (Å²) in [7, 11) is 0. The van der Waals surface area contributed by atoms with Crippen molar-refractivity contribution in [2.45, 2.75) is 36.7 Å². The van der Waals surface area contributed by atoms with Gasteiger partial charge in [-0.05, 0) is 37.6 Å². The maximum absolute atomic E-state index is 15.3. The van der Waals surface area contributed by atoms with Crippen LogP contribution >= 0.6 is 11.8 Å². The predicted octanol–water partition coefficient (Wildman–Crippen LogP) is 4.64. The summed E-state index contributed by atoms with van der Waals surface area (Å²) in [4.78, 5) is 27.3. The third kappa shape index (κ3) is 4.21. The molecule has 1 unspecified atom stereocenters. The van der Waals surface area contributed by atoms with Crippen LogP contribution in [-0.2, 0) is 16.9 Å². The van der Waals surface area contributed by atoms with Gasteiger partial charge in [0.2, 0.25) is 5.91 Å². The zero-order valence-corrected chi connectivity index (χ0v) is 17.7. The van der Waals surface area contributed by atoms with Crippen molar-refractivity contribution < 1.29 is 31.5 Å². The van der Waals surface area contributed by atoms with E-state index in [9.17, 15) is 22.8 Å². The molecule has 1 aliphatic rings. The first-order valence-electron chi connectivity index (χ1n) is 9.30. The Hall–Kier alpha value is -2.95. The molecule has 1 aliphatic heterocycles. The van der Waals surface area contributed by atoms with Gasteiger partial charge >= 0.3 is 6.18 Å². The lowest BCUT2D eigenvalue weighted by atomic mass is 9.93. The molecule has 2 aromatic rings. The van der Waals surface area contributed by atoms with Gasteiger partial charge in [0, 0.05) is 11.1 Å². The van der Waals surface area contributed by atoms with Crippen molar-refractivity contribution in [3.05, 3.63) is 70.8 Å². The molecule has 2 amide bonds. The second-order valence-electron chi connectivity index (χ2n) is 7.32. The molecule has 0 bridgehead atoms. The number of rotatable bonds is 5. The maximum atomic E-state index is 15.3. The predicted molar refractivity (Wildman–Crippen MR) is 110 cm³/mol. The molecule has 0 radical (unpaired) electrons. The molecule has 0 saturated carbocycles. The lowest BCUT2D eigenvalue weighted by Crippen LogP contribution is -2.45. The van der Waals surface area contributed by atoms with Gasteiger partial charge in [-0.1, -0.05) is 42.1 Å². The van der Waals surface area contributed by atoms with E-state index in [0.717, 1.165) is 37.3 Å². The lowest BCUT2D eigenvalue weighted by molar-refractivity contribution is -0.138. The minimum Gasteiger partial charge on any atom is -0.366 e. The van der Waals surface area contributed by atoms with Gasteiger partial charge in [-0.15, -0.1) is 0 Å². The Kier molecular flexibility index (Phi) is 6.07. The van der Waals surface area contributed by atoms with Crippen molar-refractivity contribution in [1.29, 1.82) is 0 Å². The van der Waals surface area contributed by atoms with E-state index in [1.807, 2.05) is 0 Å². The maximum Gasteiger partial charge on any atom is 0.416 e. The van der Waals surface area contributed by atoms with Crippen molar-refractivity contribution in [3.8, 4) is 0 Å². The summed E-state index contributed by atoms with van der Waals surface area (Å²) in [5.41, 5.74) is 3.62. The van der Waals surface area contributed by atoms with Crippen molar-refractivity contribution >= 4 is 28.7 Å². The van der Waals surface area contributed by atoms with E-state index in [4.69, 9.17) is 5.73 Å². The molecule has 32 heavy (non-hydrogen) atoms. The molecule has 0 fully saturated rings. The topological polar surface area (TPSA) is 84.6 Å². The van der Waals surface area contributed by atoms with Crippen LogP contribution in [0, 0.1) is 0 Å². The van der Waals surface area contributed by atoms with E-state index in [1.165, 1.54) is 25.1 Å². The molecule has 0 spiro atoms. The third-order valence-electron chi connectivity index (χ3n) is 5.12. The summed E-state index contributed by atoms with van der Waals surface area (Å²) in [6.07, 6.45) is -4.61. The van der Waals surface area contributed by atoms with E-state index in [1.54, 1.807) is 0 Å². The minimum absolute atomic E-state index is 0.0239. The summed E-state index contributed by atoms with van der Waals surface area (Å²) in [5, 5.41) is 2.43. The second-order valence-corrected chi connectivity index (χ2v) is 8.73. The van der Waals surface area contributed by atoms with Gasteiger partial charge in [-0.3, -0.25) is 9.59 Å². The number of alkyl halides is 5. The first-order chi connectivity index (χ1) is 14.8. The van der Waals surface area contributed by atoms with Crippen LogP contribution in [0.3, 0.4) is 0 Å². The highest BCUT2D eigenvalue weighted by molar-refractivity contribution is 8.16. The summed E-state index contributed by atoms with van der Waals surface area (Å²) < 4.78 is 68.1. The van der Waals surface area contributed by atoms with Crippen molar-refractivity contribution in [2.75, 3.05) is 0 Å². The van der Waals surface area contributed by atoms with Crippen LogP contribution in [0.5, 0.6) is 0 Å². The third-order valence-corrected chi connectivity index (χ3v) is 6.36. The fourth-order valence-corrected chi connectivity index (χ4v) is 4.36. The first-order valence-corrected chi connectivity index (χ1v) is 10.1. The highest BCUT2D eigenvalue weighted by atomic mass is 32.2. The van der Waals surface area contributed by atoms with Gasteiger partial charge in [0.15, 0.2) is 9.91 Å². The standard InChI is InChI=1S/C21H18F5N3O2S/c1-11(14-5-3-4-6-15(14)21(24,25)26)28-18-29-17(31)19(2,32-18)20(22,23)13-9-7-12(8-10-13)16(27)30/h3-11H,1-2H3,(H2,27,30)(H,28,29,31)/t11-,19?/m0/s1. The number of nitrogens with zero attached hydrogens (tertiary/aromatic N) is 1. The largest absolute Gasteiger partial charge is 0.416 e. The van der Waals surface area contributed by atoms with Crippen molar-refractivity contribution in [1.82, 2.24) is 5.32 Å². The molecule has 0 saturated heterocycles. The molecule has 2 atom stereocenters. The smallest absolute Gasteiger partial charge is 0.366 e. The number of halogens is 5. The van der Waals surface area contributed by atoms with Gasteiger partial charge in [-0.2, -0.15) is 26.9 Å². The number of amides is 2. The lowest BCUT2D eigenvalue weighted by Gasteiger charge is -2.31. The van der Waals surface area contributed by atoms with Crippen LogP contribution in [0.4, 0.5) is 22.0 Å². The fourth-order valence-electron chi connectivity index (χ4n) is 3.23. The summed E-state index contributed by atoms with van der Waals surface area (Å²) in [5.74, 6) is -5.63. The number of benzene rings is 2. The number of hydrogen-bond acceptors (Lipinski definition) is 4. The second kappa shape index (κ2) is 8.19. The van der Waals surface area contributed by atoms with E-state index >= 15 is 8.78 Å². The summed E-state index contributed by atoms with van der Waals surface area (Å²) in [6, 6.07) is 8.10. The Bertz CT molecular complexity index is 1090. The zero-order valence-electron chi connectivity index (χ0n) is 16.8. The molecule has 5 nitrogen and oxygen atoms in total. The number of primary amides is 1. The monoisotopic (exact) mass is 471 g/mol. The molecule has 3 rings (SSSR count). The molecular formula is C21H18F5N3O2S. The molecule has 170 valence electrons. The van der Waals surface area contributed by atoms with Crippen molar-refractivity contribution in [2.24, 2.45) is 10.7 Å². The molecule has 0 aliphatic carbocycles. The highest BCUT2D eigenvalue weighted by Gasteiger charge is 2.61. The number of nitrogens with two attached hydrogens (primary N) is 1. The van der Waals surface area contributed by atoms with Gasteiger partial charge in [-0.25, -0.2) is 0 Å². The Morgan fingerprint density at radius 3 is 2.25 bits per heavy atom.